The summed E-state index contributed by atoms with van der Waals surface area (Å²) in [6.45, 7) is 4.68. The van der Waals surface area contributed by atoms with Crippen molar-refractivity contribution in [3.8, 4) is 11.5 Å². The van der Waals surface area contributed by atoms with Crippen molar-refractivity contribution in [2.45, 2.75) is 32.2 Å². The zero-order valence-corrected chi connectivity index (χ0v) is 15.7. The Labute approximate surface area is 160 Å². The van der Waals surface area contributed by atoms with Crippen LogP contribution in [0.2, 0.25) is 0 Å². The number of urea groups is 1. The Morgan fingerprint density at radius 1 is 1.15 bits per heavy atom. The fraction of sp³-hybridized carbons (Fsp3) is 0.409. The maximum absolute atomic E-state index is 12.7. The van der Waals surface area contributed by atoms with Gasteiger partial charge >= 0.3 is 6.03 Å². The van der Waals surface area contributed by atoms with Crippen molar-refractivity contribution < 1.29 is 14.3 Å². The van der Waals surface area contributed by atoms with Gasteiger partial charge in [-0.05, 0) is 49.4 Å². The molecule has 2 aromatic carbocycles. The van der Waals surface area contributed by atoms with Gasteiger partial charge in [-0.3, -0.25) is 0 Å². The Bertz CT molecular complexity index is 821. The van der Waals surface area contributed by atoms with Gasteiger partial charge in [0.2, 0.25) is 0 Å². The van der Waals surface area contributed by atoms with E-state index in [0.29, 0.717) is 19.8 Å². The Kier molecular flexibility index (Phi) is 5.19. The molecule has 0 spiro atoms. The van der Waals surface area contributed by atoms with Crippen LogP contribution in [0.5, 0.6) is 11.5 Å². The normalized spacial score (nSPS) is 18.4. The van der Waals surface area contributed by atoms with Gasteiger partial charge in [-0.25, -0.2) is 4.79 Å². The summed E-state index contributed by atoms with van der Waals surface area (Å²) < 4.78 is 11.3. The van der Waals surface area contributed by atoms with E-state index < -0.39 is 0 Å². The quantitative estimate of drug-likeness (QED) is 0.894. The van der Waals surface area contributed by atoms with Gasteiger partial charge in [-0.2, -0.15) is 0 Å². The highest BCUT2D eigenvalue weighted by Gasteiger charge is 2.30. The van der Waals surface area contributed by atoms with E-state index in [0.717, 1.165) is 42.9 Å². The largest absolute Gasteiger partial charge is 0.486 e. The monoisotopic (exact) mass is 366 g/mol. The van der Waals surface area contributed by atoms with Crippen LogP contribution < -0.4 is 14.8 Å². The number of nitrogens with zero attached hydrogens (tertiary/aromatic N) is 1. The molecule has 2 aromatic rings. The van der Waals surface area contributed by atoms with Gasteiger partial charge in [0, 0.05) is 13.1 Å². The number of aryl methyl sites for hydroxylation is 1. The van der Waals surface area contributed by atoms with Gasteiger partial charge in [0.05, 0.1) is 6.04 Å². The molecule has 2 aliphatic heterocycles. The van der Waals surface area contributed by atoms with E-state index in [1.165, 1.54) is 11.1 Å². The van der Waals surface area contributed by atoms with Crippen molar-refractivity contribution in [3.63, 3.8) is 0 Å². The maximum atomic E-state index is 12.7. The molecule has 4 rings (SSSR count). The molecule has 2 heterocycles. The third-order valence-electron chi connectivity index (χ3n) is 5.24. The maximum Gasteiger partial charge on any atom is 0.317 e. The zero-order valence-electron chi connectivity index (χ0n) is 15.7. The van der Waals surface area contributed by atoms with E-state index in [1.807, 2.05) is 17.0 Å². The molecule has 0 bridgehead atoms. The van der Waals surface area contributed by atoms with Crippen molar-refractivity contribution in [1.82, 2.24) is 10.2 Å². The van der Waals surface area contributed by atoms with Crippen LogP contribution in [-0.4, -0.2) is 37.2 Å². The van der Waals surface area contributed by atoms with E-state index in [9.17, 15) is 4.79 Å². The van der Waals surface area contributed by atoms with E-state index in [2.05, 4.69) is 42.6 Å². The highest BCUT2D eigenvalue weighted by molar-refractivity contribution is 5.75. The summed E-state index contributed by atoms with van der Waals surface area (Å²) >= 11 is 0. The van der Waals surface area contributed by atoms with Crippen LogP contribution in [-0.2, 0) is 6.42 Å². The van der Waals surface area contributed by atoms with Crippen LogP contribution in [0.1, 0.15) is 35.6 Å². The Morgan fingerprint density at radius 2 is 2.00 bits per heavy atom. The molecular weight excluding hydrogens is 340 g/mol. The molecule has 1 N–H and O–H groups in total. The molecule has 2 amide bonds. The molecule has 5 heteroatoms. The number of amides is 2. The first kappa shape index (κ1) is 17.7. The Balaban J connectivity index is 1.38. The molecule has 1 saturated heterocycles. The van der Waals surface area contributed by atoms with Gasteiger partial charge in [-0.15, -0.1) is 0 Å². The lowest BCUT2D eigenvalue weighted by molar-refractivity contribution is 0.170. The third-order valence-corrected chi connectivity index (χ3v) is 5.24. The van der Waals surface area contributed by atoms with Crippen LogP contribution >= 0.6 is 0 Å². The third kappa shape index (κ3) is 4.02. The lowest BCUT2D eigenvalue weighted by Crippen LogP contribution is -2.40. The topological polar surface area (TPSA) is 50.8 Å². The number of nitrogens with one attached hydrogen (secondary N) is 1. The Hall–Kier alpha value is -2.69. The highest BCUT2D eigenvalue weighted by Crippen LogP contribution is 2.38. The molecule has 0 aliphatic carbocycles. The van der Waals surface area contributed by atoms with E-state index >= 15 is 0 Å². The smallest absolute Gasteiger partial charge is 0.317 e. The number of carbonyl (C=O) groups is 1. The number of hydrogen-bond acceptors (Lipinski definition) is 3. The molecule has 5 nitrogen and oxygen atoms in total. The van der Waals surface area contributed by atoms with Crippen LogP contribution in [0, 0.1) is 6.92 Å². The van der Waals surface area contributed by atoms with E-state index in [1.54, 1.807) is 0 Å². The molecule has 142 valence electrons. The number of fused-ring (bicyclic) bond motifs is 1. The summed E-state index contributed by atoms with van der Waals surface area (Å²) in [5, 5.41) is 3.09. The lowest BCUT2D eigenvalue weighted by atomic mass is 10.0. The minimum atomic E-state index is 0.0139. The first-order valence-electron chi connectivity index (χ1n) is 9.70. The van der Waals surface area contributed by atoms with Gasteiger partial charge in [0.1, 0.15) is 13.2 Å². The van der Waals surface area contributed by atoms with Crippen molar-refractivity contribution >= 4 is 6.03 Å². The Morgan fingerprint density at radius 3 is 2.85 bits per heavy atom. The lowest BCUT2D eigenvalue weighted by Gasteiger charge is -2.27. The molecule has 27 heavy (non-hydrogen) atoms. The van der Waals surface area contributed by atoms with E-state index in [-0.39, 0.29) is 12.1 Å². The van der Waals surface area contributed by atoms with Crippen molar-refractivity contribution in [2.24, 2.45) is 0 Å². The fourth-order valence-corrected chi connectivity index (χ4v) is 3.91. The second-order valence-electron chi connectivity index (χ2n) is 7.23. The molecule has 1 fully saturated rings. The molecule has 1 unspecified atom stereocenters. The van der Waals surface area contributed by atoms with Gasteiger partial charge < -0.3 is 19.7 Å². The molecule has 0 saturated carbocycles. The summed E-state index contributed by atoms with van der Waals surface area (Å²) in [5.74, 6) is 1.57. The van der Waals surface area contributed by atoms with Crippen LogP contribution in [0.3, 0.4) is 0 Å². The van der Waals surface area contributed by atoms with Gasteiger partial charge in [0.25, 0.3) is 0 Å². The first-order chi connectivity index (χ1) is 13.2. The number of hydrogen-bond donors (Lipinski definition) is 1. The number of likely N-dealkylation sites (tertiary alicyclic amines) is 1. The molecular formula is C22H26N2O3. The zero-order chi connectivity index (χ0) is 18.6. The summed E-state index contributed by atoms with van der Waals surface area (Å²) in [6.07, 6.45) is 2.84. The number of ether oxygens (including phenoxy) is 2. The predicted molar refractivity (Wildman–Crippen MR) is 104 cm³/mol. The SMILES string of the molecule is Cc1cccc(CCNC(=O)N2CCCC2c2ccc3c(c2)OCCO3)c1. The summed E-state index contributed by atoms with van der Waals surface area (Å²) in [4.78, 5) is 14.7. The van der Waals surface area contributed by atoms with Crippen LogP contribution in [0.4, 0.5) is 4.79 Å². The van der Waals surface area contributed by atoms with E-state index in [4.69, 9.17) is 9.47 Å². The number of rotatable bonds is 4. The van der Waals surface area contributed by atoms with Crippen molar-refractivity contribution in [3.05, 3.63) is 59.2 Å². The van der Waals surface area contributed by atoms with Crippen LogP contribution in [0.15, 0.2) is 42.5 Å². The van der Waals surface area contributed by atoms with Crippen molar-refractivity contribution in [1.29, 1.82) is 0 Å². The summed E-state index contributed by atoms with van der Waals surface area (Å²) in [6, 6.07) is 14.6. The first-order valence-corrected chi connectivity index (χ1v) is 9.70. The molecule has 1 atom stereocenters. The second-order valence-corrected chi connectivity index (χ2v) is 7.23. The van der Waals surface area contributed by atoms with Crippen molar-refractivity contribution in [2.75, 3.05) is 26.3 Å². The average Bonchev–Trinajstić information content (AvgIpc) is 3.17. The predicted octanol–water partition coefficient (Wildman–Crippen LogP) is 3.86. The molecule has 2 aliphatic rings. The summed E-state index contributed by atoms with van der Waals surface area (Å²) in [7, 11) is 0. The standard InChI is InChI=1S/C22H26N2O3/c1-16-4-2-5-17(14-16)9-10-23-22(25)24-11-3-6-19(24)18-7-8-20-21(15-18)27-13-12-26-20/h2,4-5,7-8,14-15,19H,3,6,9-13H2,1H3,(H,23,25). The van der Waals surface area contributed by atoms with Gasteiger partial charge in [0.15, 0.2) is 11.5 Å². The minimum Gasteiger partial charge on any atom is -0.486 e. The number of carbonyl (C=O) groups excluding carboxylic acids is 1. The average molecular weight is 366 g/mol. The summed E-state index contributed by atoms with van der Waals surface area (Å²) in [5.41, 5.74) is 3.61. The second kappa shape index (κ2) is 7.91. The van der Waals surface area contributed by atoms with Gasteiger partial charge in [-0.1, -0.05) is 35.9 Å². The fourth-order valence-electron chi connectivity index (χ4n) is 3.91. The van der Waals surface area contributed by atoms with Crippen LogP contribution in [0.25, 0.3) is 0 Å². The number of benzene rings is 2. The highest BCUT2D eigenvalue weighted by atomic mass is 16.6. The molecule has 0 aromatic heterocycles. The minimum absolute atomic E-state index is 0.0139. The molecule has 0 radical (unpaired) electrons.